The van der Waals surface area contributed by atoms with E-state index in [1.54, 1.807) is 0 Å². The third kappa shape index (κ3) is 8.14. The second-order valence-corrected chi connectivity index (χ2v) is 7.10. The number of piperazine rings is 1. The zero-order valence-corrected chi connectivity index (χ0v) is 19.0. The molecule has 2 heterocycles. The maximum Gasteiger partial charge on any atom is 0.128 e. The first-order valence-electron chi connectivity index (χ1n) is 9.27. The van der Waals surface area contributed by atoms with Crippen LogP contribution in [0.1, 0.15) is 25.5 Å². The number of hydrogen-bond acceptors (Lipinski definition) is 4. The van der Waals surface area contributed by atoms with E-state index in [0.29, 0.717) is 5.92 Å². The van der Waals surface area contributed by atoms with Gasteiger partial charge in [0.2, 0.25) is 0 Å². The predicted molar refractivity (Wildman–Crippen MR) is 125 cm³/mol. The molecule has 158 valence electrons. The van der Waals surface area contributed by atoms with Gasteiger partial charge in [0.05, 0.1) is 6.10 Å². The van der Waals surface area contributed by atoms with Crippen molar-refractivity contribution in [3.63, 3.8) is 0 Å². The lowest BCUT2D eigenvalue weighted by molar-refractivity contribution is 0.00982. The number of aromatic nitrogens is 1. The Balaban J connectivity index is 0.00000243. The maximum atomic E-state index is 6.24. The van der Waals surface area contributed by atoms with E-state index in [1.807, 2.05) is 12.3 Å². The molecule has 0 amide bonds. The molecule has 0 spiro atoms. The van der Waals surface area contributed by atoms with E-state index in [4.69, 9.17) is 4.74 Å². The van der Waals surface area contributed by atoms with Gasteiger partial charge >= 0.3 is 0 Å². The smallest absolute Gasteiger partial charge is 0.128 e. The van der Waals surface area contributed by atoms with Crippen LogP contribution in [0.15, 0.2) is 54.7 Å². The van der Waals surface area contributed by atoms with Gasteiger partial charge in [-0.3, -0.25) is 4.90 Å². The third-order valence-electron chi connectivity index (χ3n) is 4.57. The molecule has 1 aliphatic heterocycles. The monoisotopic (exact) mass is 447 g/mol. The molecule has 0 saturated carbocycles. The molecule has 0 aliphatic carbocycles. The Kier molecular flexibility index (Phi) is 13.5. The Morgan fingerprint density at radius 3 is 2.11 bits per heavy atom. The topological polar surface area (TPSA) is 28.6 Å². The van der Waals surface area contributed by atoms with E-state index < -0.39 is 0 Å². The fourth-order valence-corrected chi connectivity index (χ4v) is 3.17. The van der Waals surface area contributed by atoms with Crippen molar-refractivity contribution in [1.82, 2.24) is 9.88 Å². The van der Waals surface area contributed by atoms with Crippen LogP contribution < -0.4 is 4.90 Å². The van der Waals surface area contributed by atoms with Crippen molar-refractivity contribution in [2.45, 2.75) is 20.0 Å². The normalized spacial score (nSPS) is 15.2. The van der Waals surface area contributed by atoms with Gasteiger partial charge in [0.1, 0.15) is 5.82 Å². The molecular formula is C21H32Cl3N3O. The number of rotatable bonds is 7. The van der Waals surface area contributed by atoms with Gasteiger partial charge in [-0.15, -0.1) is 37.2 Å². The van der Waals surface area contributed by atoms with Gasteiger partial charge in [0.15, 0.2) is 0 Å². The van der Waals surface area contributed by atoms with Crippen molar-refractivity contribution in [2.75, 3.05) is 44.2 Å². The molecule has 1 atom stereocenters. The molecule has 1 aromatic carbocycles. The van der Waals surface area contributed by atoms with Gasteiger partial charge < -0.3 is 9.64 Å². The Morgan fingerprint density at radius 1 is 0.893 bits per heavy atom. The summed E-state index contributed by atoms with van der Waals surface area (Å²) in [5.41, 5.74) is 1.27. The van der Waals surface area contributed by atoms with Crippen molar-refractivity contribution >= 4 is 43.0 Å². The number of nitrogens with zero attached hydrogens (tertiary/aromatic N) is 3. The Labute approximate surface area is 187 Å². The van der Waals surface area contributed by atoms with Gasteiger partial charge in [-0.05, 0) is 23.6 Å². The Morgan fingerprint density at radius 2 is 1.54 bits per heavy atom. The van der Waals surface area contributed by atoms with Crippen LogP contribution >= 0.6 is 37.2 Å². The average molecular weight is 449 g/mol. The third-order valence-corrected chi connectivity index (χ3v) is 4.57. The van der Waals surface area contributed by atoms with Crippen LogP contribution in [0.25, 0.3) is 0 Å². The van der Waals surface area contributed by atoms with E-state index in [9.17, 15) is 0 Å². The van der Waals surface area contributed by atoms with E-state index in [0.717, 1.165) is 45.1 Å². The van der Waals surface area contributed by atoms with Crippen LogP contribution in [0, 0.1) is 5.92 Å². The summed E-state index contributed by atoms with van der Waals surface area (Å²) in [5.74, 6) is 1.63. The summed E-state index contributed by atoms with van der Waals surface area (Å²) in [6.45, 7) is 10.3. The summed E-state index contributed by atoms with van der Waals surface area (Å²) in [5, 5.41) is 0. The minimum Gasteiger partial charge on any atom is -0.372 e. The number of ether oxygens (including phenoxy) is 1. The zero-order chi connectivity index (χ0) is 17.5. The molecule has 1 aliphatic rings. The number of benzene rings is 1. The standard InChI is InChI=1S/C21H29N3O.3ClH/c1-18(2)17-25-20(19-8-4-3-5-9-19)16-23-12-14-24(15-13-23)21-10-6-7-11-22-21;;;/h3-11,18,20H,12-17H2,1-2H3;3*1H. The van der Waals surface area contributed by atoms with E-state index >= 15 is 0 Å². The van der Waals surface area contributed by atoms with Crippen LogP contribution in [0.2, 0.25) is 0 Å². The van der Waals surface area contributed by atoms with Crippen LogP contribution in [0.5, 0.6) is 0 Å². The molecule has 0 radical (unpaired) electrons. The van der Waals surface area contributed by atoms with Crippen LogP contribution in [-0.4, -0.2) is 49.2 Å². The second-order valence-electron chi connectivity index (χ2n) is 7.10. The zero-order valence-electron chi connectivity index (χ0n) is 16.6. The Hall–Kier alpha value is -1.04. The first-order valence-corrected chi connectivity index (χ1v) is 9.27. The minimum atomic E-state index is 0. The second kappa shape index (κ2) is 14.0. The van der Waals surface area contributed by atoms with Crippen molar-refractivity contribution in [3.8, 4) is 0 Å². The molecule has 3 rings (SSSR count). The van der Waals surface area contributed by atoms with Gasteiger partial charge in [0, 0.05) is 45.5 Å². The van der Waals surface area contributed by atoms with Gasteiger partial charge in [-0.2, -0.15) is 0 Å². The number of anilines is 1. The summed E-state index contributed by atoms with van der Waals surface area (Å²) >= 11 is 0. The molecule has 2 aromatic rings. The SMILES string of the molecule is CC(C)COC(CN1CCN(c2ccccn2)CC1)c1ccccc1.Cl.Cl.Cl. The highest BCUT2D eigenvalue weighted by Gasteiger charge is 2.22. The molecule has 1 saturated heterocycles. The molecule has 1 fully saturated rings. The highest BCUT2D eigenvalue weighted by atomic mass is 35.5. The van der Waals surface area contributed by atoms with Crippen molar-refractivity contribution in [2.24, 2.45) is 5.92 Å². The number of halogens is 3. The molecule has 1 aromatic heterocycles. The maximum absolute atomic E-state index is 6.24. The van der Waals surface area contributed by atoms with Crippen molar-refractivity contribution < 1.29 is 4.74 Å². The highest BCUT2D eigenvalue weighted by Crippen LogP contribution is 2.21. The minimum absolute atomic E-state index is 0. The lowest BCUT2D eigenvalue weighted by Gasteiger charge is -2.37. The number of hydrogen-bond donors (Lipinski definition) is 0. The van der Waals surface area contributed by atoms with E-state index in [1.165, 1.54) is 5.56 Å². The fourth-order valence-electron chi connectivity index (χ4n) is 3.17. The van der Waals surface area contributed by atoms with Crippen LogP contribution in [0.4, 0.5) is 5.82 Å². The van der Waals surface area contributed by atoms with Crippen molar-refractivity contribution in [3.05, 3.63) is 60.3 Å². The predicted octanol–water partition coefficient (Wildman–Crippen LogP) is 4.88. The molecule has 1 unspecified atom stereocenters. The average Bonchev–Trinajstić information content (AvgIpc) is 2.67. The van der Waals surface area contributed by atoms with Crippen molar-refractivity contribution in [1.29, 1.82) is 0 Å². The first-order chi connectivity index (χ1) is 12.2. The Bertz CT molecular complexity index is 623. The summed E-state index contributed by atoms with van der Waals surface area (Å²) < 4.78 is 6.24. The van der Waals surface area contributed by atoms with Crippen LogP contribution in [0.3, 0.4) is 0 Å². The summed E-state index contributed by atoms with van der Waals surface area (Å²) in [6, 6.07) is 16.7. The summed E-state index contributed by atoms with van der Waals surface area (Å²) in [7, 11) is 0. The van der Waals surface area contributed by atoms with Gasteiger partial charge in [0.25, 0.3) is 0 Å². The summed E-state index contributed by atoms with van der Waals surface area (Å²) in [4.78, 5) is 9.34. The first kappa shape index (κ1) is 27.0. The quantitative estimate of drug-likeness (QED) is 0.603. The molecule has 0 bridgehead atoms. The molecule has 0 N–H and O–H groups in total. The molecule has 28 heavy (non-hydrogen) atoms. The number of pyridine rings is 1. The van der Waals surface area contributed by atoms with Gasteiger partial charge in [-0.1, -0.05) is 50.2 Å². The van der Waals surface area contributed by atoms with E-state index in [-0.39, 0.29) is 43.3 Å². The molecule has 4 nitrogen and oxygen atoms in total. The highest BCUT2D eigenvalue weighted by molar-refractivity contribution is 5.86. The lowest BCUT2D eigenvalue weighted by atomic mass is 10.1. The molecule has 7 heteroatoms. The summed E-state index contributed by atoms with van der Waals surface area (Å²) in [6.07, 6.45) is 2.01. The van der Waals surface area contributed by atoms with Crippen LogP contribution in [-0.2, 0) is 4.74 Å². The largest absolute Gasteiger partial charge is 0.372 e. The van der Waals surface area contributed by atoms with Gasteiger partial charge in [-0.25, -0.2) is 4.98 Å². The fraction of sp³-hybridized carbons (Fsp3) is 0.476. The molecular weight excluding hydrogens is 417 g/mol. The lowest BCUT2D eigenvalue weighted by Crippen LogP contribution is -2.48. The van der Waals surface area contributed by atoms with E-state index in [2.05, 4.69) is 71.1 Å².